The lowest BCUT2D eigenvalue weighted by atomic mass is 9.77. The molecule has 6 heteroatoms. The Bertz CT molecular complexity index is 497. The van der Waals surface area contributed by atoms with Crippen molar-refractivity contribution in [3.05, 3.63) is 0 Å². The number of hydrogen-bond acceptors (Lipinski definition) is 4. The molecule has 6 nitrogen and oxygen atoms in total. The minimum Gasteiger partial charge on any atom is -0.412 e. The van der Waals surface area contributed by atoms with Crippen LogP contribution >= 0.6 is 0 Å². The predicted molar refractivity (Wildman–Crippen MR) is 99.3 cm³/mol. The largest absolute Gasteiger partial charge is 0.412 e. The maximum Gasteiger partial charge on any atom is 0.125 e. The molecule has 2 aliphatic carbocycles. The third kappa shape index (κ3) is 6.72. The number of terminal acetylenes is 4. The summed E-state index contributed by atoms with van der Waals surface area (Å²) in [5.74, 6) is 9.27. The van der Waals surface area contributed by atoms with Crippen LogP contribution in [0.25, 0.3) is 0 Å². The molecule has 0 saturated heterocycles. The van der Waals surface area contributed by atoms with Crippen LogP contribution in [0.1, 0.15) is 51.4 Å². The van der Waals surface area contributed by atoms with E-state index in [0.29, 0.717) is 51.4 Å². The minimum absolute atomic E-state index is 0. The number of hydrogen-bond donors (Lipinski definition) is 4. The van der Waals surface area contributed by atoms with E-state index < -0.39 is 22.4 Å². The van der Waals surface area contributed by atoms with Gasteiger partial charge in [0.05, 0.1) is 0 Å². The summed E-state index contributed by atoms with van der Waals surface area (Å²) in [6.45, 7) is 0. The van der Waals surface area contributed by atoms with Crippen molar-refractivity contribution >= 4 is 0 Å². The Kier molecular flexibility index (Phi) is 9.72. The zero-order chi connectivity index (χ0) is 18.5. The van der Waals surface area contributed by atoms with Gasteiger partial charge in [0.1, 0.15) is 22.4 Å². The van der Waals surface area contributed by atoms with Crippen LogP contribution in [0.3, 0.4) is 0 Å². The van der Waals surface area contributed by atoms with Gasteiger partial charge in [0.15, 0.2) is 0 Å². The second-order valence-corrected chi connectivity index (χ2v) is 6.70. The predicted octanol–water partition coefficient (Wildman–Crippen LogP) is -1.07. The van der Waals surface area contributed by atoms with Gasteiger partial charge in [-0.3, -0.25) is 0 Å². The fraction of sp³-hybridized carbons (Fsp3) is 0.600. The molecule has 0 atom stereocenters. The zero-order valence-electron chi connectivity index (χ0n) is 14.8. The fourth-order valence-corrected chi connectivity index (χ4v) is 2.73. The molecule has 0 aliphatic heterocycles. The quantitative estimate of drug-likeness (QED) is 0.406. The molecule has 2 fully saturated rings. The summed E-state index contributed by atoms with van der Waals surface area (Å²) in [5, 5.41) is 38.4. The average molecular weight is 364 g/mol. The van der Waals surface area contributed by atoms with Crippen molar-refractivity contribution in [3.63, 3.8) is 0 Å². The van der Waals surface area contributed by atoms with Crippen LogP contribution in [0.15, 0.2) is 0 Å². The summed E-state index contributed by atoms with van der Waals surface area (Å²) in [4.78, 5) is 0. The highest BCUT2D eigenvalue weighted by molar-refractivity contribution is 5.18. The van der Waals surface area contributed by atoms with Crippen molar-refractivity contribution in [1.82, 2.24) is 0 Å². The van der Waals surface area contributed by atoms with E-state index in [0.717, 1.165) is 0 Å². The molecular weight excluding hydrogens is 336 g/mol. The SMILES string of the molecule is C#CC1(O)CCC(O)(C#C)CC1.C#CC1(O)CCC(O)(C#C)CC1.O.O. The van der Waals surface area contributed by atoms with Gasteiger partial charge in [-0.2, -0.15) is 0 Å². The van der Waals surface area contributed by atoms with E-state index in [1.54, 1.807) is 0 Å². The molecule has 2 aliphatic rings. The van der Waals surface area contributed by atoms with Crippen molar-refractivity contribution in [2.45, 2.75) is 73.8 Å². The lowest BCUT2D eigenvalue weighted by Gasteiger charge is -2.35. The highest BCUT2D eigenvalue weighted by Crippen LogP contribution is 2.34. The van der Waals surface area contributed by atoms with Crippen LogP contribution in [-0.2, 0) is 0 Å². The Hall–Kier alpha value is -2.00. The van der Waals surface area contributed by atoms with Gasteiger partial charge in [0, 0.05) is 0 Å². The van der Waals surface area contributed by atoms with E-state index in [-0.39, 0.29) is 11.0 Å². The summed E-state index contributed by atoms with van der Waals surface area (Å²) in [6.07, 6.45) is 23.6. The maximum atomic E-state index is 9.59. The molecule has 0 aromatic carbocycles. The summed E-state index contributed by atoms with van der Waals surface area (Å²) in [6, 6.07) is 0. The molecular formula is C20H28O6. The topological polar surface area (TPSA) is 144 Å². The molecule has 0 amide bonds. The Balaban J connectivity index is 0. The van der Waals surface area contributed by atoms with Crippen molar-refractivity contribution in [2.24, 2.45) is 0 Å². The van der Waals surface area contributed by atoms with Gasteiger partial charge in [-0.15, -0.1) is 25.7 Å². The monoisotopic (exact) mass is 364 g/mol. The standard InChI is InChI=1S/2C10H12O2.2H2O/c2*1-3-9(11)5-7-10(12,4-2)8-6-9;;/h2*1-2,11-12H,5-8H2;2*1H2. The molecule has 2 saturated carbocycles. The van der Waals surface area contributed by atoms with E-state index in [2.05, 4.69) is 23.7 Å². The van der Waals surface area contributed by atoms with E-state index in [9.17, 15) is 20.4 Å². The molecule has 144 valence electrons. The fourth-order valence-electron chi connectivity index (χ4n) is 2.73. The number of rotatable bonds is 0. The van der Waals surface area contributed by atoms with Crippen molar-refractivity contribution < 1.29 is 31.4 Å². The molecule has 0 radical (unpaired) electrons. The van der Waals surface area contributed by atoms with Gasteiger partial charge in [-0.1, -0.05) is 23.7 Å². The van der Waals surface area contributed by atoms with Crippen LogP contribution in [0.2, 0.25) is 0 Å². The second-order valence-electron chi connectivity index (χ2n) is 6.70. The lowest BCUT2D eigenvalue weighted by Crippen LogP contribution is -2.41. The van der Waals surface area contributed by atoms with Gasteiger partial charge in [0.25, 0.3) is 0 Å². The Morgan fingerprint density at radius 3 is 0.615 bits per heavy atom. The van der Waals surface area contributed by atoms with Crippen LogP contribution in [-0.4, -0.2) is 53.8 Å². The number of aliphatic hydroxyl groups is 4. The van der Waals surface area contributed by atoms with Crippen molar-refractivity contribution in [2.75, 3.05) is 0 Å². The van der Waals surface area contributed by atoms with Crippen molar-refractivity contribution in [1.29, 1.82) is 0 Å². The van der Waals surface area contributed by atoms with Gasteiger partial charge in [-0.05, 0) is 51.4 Å². The first kappa shape index (κ1) is 26.2. The first-order valence-electron chi connectivity index (χ1n) is 7.88. The van der Waals surface area contributed by atoms with Gasteiger partial charge in [0.2, 0.25) is 0 Å². The van der Waals surface area contributed by atoms with Crippen LogP contribution in [0, 0.1) is 49.4 Å². The van der Waals surface area contributed by atoms with Crippen LogP contribution < -0.4 is 0 Å². The normalized spacial score (nSPS) is 38.2. The summed E-state index contributed by atoms with van der Waals surface area (Å²) in [5.41, 5.74) is -4.21. The molecule has 26 heavy (non-hydrogen) atoms. The summed E-state index contributed by atoms with van der Waals surface area (Å²) >= 11 is 0. The first-order valence-corrected chi connectivity index (χ1v) is 7.88. The highest BCUT2D eigenvalue weighted by Gasteiger charge is 2.39. The van der Waals surface area contributed by atoms with E-state index >= 15 is 0 Å². The average Bonchev–Trinajstić information content (AvgIpc) is 2.61. The Morgan fingerprint density at radius 2 is 0.538 bits per heavy atom. The Labute approximate surface area is 155 Å². The van der Waals surface area contributed by atoms with E-state index in [4.69, 9.17) is 25.7 Å². The molecule has 0 bridgehead atoms. The van der Waals surface area contributed by atoms with Gasteiger partial charge < -0.3 is 31.4 Å². The highest BCUT2D eigenvalue weighted by atomic mass is 16.3. The molecule has 0 spiro atoms. The molecule has 8 N–H and O–H groups in total. The Morgan fingerprint density at radius 1 is 0.423 bits per heavy atom. The van der Waals surface area contributed by atoms with Crippen LogP contribution in [0.4, 0.5) is 0 Å². The second kappa shape index (κ2) is 9.63. The van der Waals surface area contributed by atoms with Gasteiger partial charge >= 0.3 is 0 Å². The molecule has 0 aromatic heterocycles. The van der Waals surface area contributed by atoms with Crippen molar-refractivity contribution in [3.8, 4) is 49.4 Å². The maximum absolute atomic E-state index is 9.59. The molecule has 0 aromatic rings. The molecule has 0 heterocycles. The smallest absolute Gasteiger partial charge is 0.125 e. The summed E-state index contributed by atoms with van der Waals surface area (Å²) in [7, 11) is 0. The van der Waals surface area contributed by atoms with Crippen LogP contribution in [0.5, 0.6) is 0 Å². The van der Waals surface area contributed by atoms with E-state index in [1.807, 2.05) is 0 Å². The molecule has 0 unspecified atom stereocenters. The third-order valence-electron chi connectivity index (χ3n) is 4.88. The van der Waals surface area contributed by atoms with E-state index in [1.165, 1.54) is 0 Å². The first-order chi connectivity index (χ1) is 11.1. The minimum atomic E-state index is -1.05. The lowest BCUT2D eigenvalue weighted by molar-refractivity contribution is -0.0218. The van der Waals surface area contributed by atoms with Gasteiger partial charge in [-0.25, -0.2) is 0 Å². The zero-order valence-corrected chi connectivity index (χ0v) is 14.8. The third-order valence-corrected chi connectivity index (χ3v) is 4.88. The summed E-state index contributed by atoms with van der Waals surface area (Å²) < 4.78 is 0. The molecule has 2 rings (SSSR count).